The number of hydrogen-bond acceptors (Lipinski definition) is 2. The minimum atomic E-state index is 1.00. The van der Waals surface area contributed by atoms with E-state index in [0.29, 0.717) is 0 Å². The zero-order valence-electron chi connectivity index (χ0n) is 5.99. The first-order valence-electron chi connectivity index (χ1n) is 3.35. The van der Waals surface area contributed by atoms with Crippen molar-refractivity contribution < 1.29 is 0 Å². The van der Waals surface area contributed by atoms with E-state index in [1.807, 2.05) is 18.2 Å². The molecule has 0 radical (unpaired) electrons. The molecule has 0 aromatic carbocycles. The molecule has 0 saturated heterocycles. The molecule has 1 aliphatic rings. The Labute approximate surface area is 60.7 Å². The molecule has 2 nitrogen and oxygen atoms in total. The van der Waals surface area contributed by atoms with Crippen molar-refractivity contribution in [2.75, 3.05) is 0 Å². The molecule has 0 bridgehead atoms. The molecule has 0 atom stereocenters. The Morgan fingerprint density at radius 1 is 1.30 bits per heavy atom. The van der Waals surface area contributed by atoms with Gasteiger partial charge in [-0.25, -0.2) is 0 Å². The van der Waals surface area contributed by atoms with Crippen LogP contribution < -0.4 is 0 Å². The lowest BCUT2D eigenvalue weighted by Gasteiger charge is -1.92. The summed E-state index contributed by atoms with van der Waals surface area (Å²) >= 11 is 0. The van der Waals surface area contributed by atoms with Crippen molar-refractivity contribution in [3.8, 4) is 0 Å². The summed E-state index contributed by atoms with van der Waals surface area (Å²) in [4.78, 5) is 0. The molecule has 0 aromatic heterocycles. The van der Waals surface area contributed by atoms with Gasteiger partial charge in [-0.2, -0.15) is 10.2 Å². The van der Waals surface area contributed by atoms with Crippen LogP contribution in [0.15, 0.2) is 46.4 Å². The Bertz CT molecular complexity index is 209. The highest BCUT2D eigenvalue weighted by Gasteiger charge is 1.85. The van der Waals surface area contributed by atoms with Crippen molar-refractivity contribution in [2.24, 2.45) is 10.2 Å². The first-order chi connectivity index (χ1) is 4.93. The Morgan fingerprint density at radius 3 is 3.00 bits per heavy atom. The van der Waals surface area contributed by atoms with Crippen molar-refractivity contribution in [3.05, 3.63) is 36.2 Å². The second-order valence-electron chi connectivity index (χ2n) is 1.99. The Hall–Kier alpha value is -1.18. The summed E-state index contributed by atoms with van der Waals surface area (Å²) in [5.74, 6) is 0. The highest BCUT2D eigenvalue weighted by molar-refractivity contribution is 5.22. The fourth-order valence-electron chi connectivity index (χ4n) is 0.665. The molecule has 52 valence electrons. The van der Waals surface area contributed by atoms with E-state index in [0.717, 1.165) is 6.42 Å². The number of allylic oxidation sites excluding steroid dienone is 4. The standard InChI is InChI=1S/C8H10N2/c1-2-8-5-3-4-6-9-10-7-8/h3-7H,2H2,1H3/b4-3?,5-3-,6-4+,8-5?,8-7+,9-6?,10-7?,10-9-. The number of rotatable bonds is 1. The van der Waals surface area contributed by atoms with Gasteiger partial charge in [-0.05, 0) is 18.1 Å². The van der Waals surface area contributed by atoms with Crippen molar-refractivity contribution >= 4 is 0 Å². The number of azo groups is 1. The van der Waals surface area contributed by atoms with Gasteiger partial charge in [0.1, 0.15) is 0 Å². The maximum atomic E-state index is 3.81. The van der Waals surface area contributed by atoms with Crippen LogP contribution in [-0.4, -0.2) is 0 Å². The van der Waals surface area contributed by atoms with E-state index in [9.17, 15) is 0 Å². The Morgan fingerprint density at radius 2 is 2.20 bits per heavy atom. The highest BCUT2D eigenvalue weighted by Crippen LogP contribution is 2.04. The molecule has 2 heteroatoms. The molecule has 1 aliphatic heterocycles. The first-order valence-corrected chi connectivity index (χ1v) is 3.35. The SMILES string of the molecule is CCC1=C\N=N/C=C/C=C\1. The van der Waals surface area contributed by atoms with Crippen LogP contribution in [0.1, 0.15) is 13.3 Å². The molecule has 0 aromatic rings. The van der Waals surface area contributed by atoms with Crippen LogP contribution in [0.25, 0.3) is 0 Å². The van der Waals surface area contributed by atoms with Crippen LogP contribution in [0.2, 0.25) is 0 Å². The summed E-state index contributed by atoms with van der Waals surface area (Å²) in [7, 11) is 0. The van der Waals surface area contributed by atoms with Gasteiger partial charge in [0.25, 0.3) is 0 Å². The van der Waals surface area contributed by atoms with E-state index in [2.05, 4.69) is 17.2 Å². The van der Waals surface area contributed by atoms with Gasteiger partial charge >= 0.3 is 0 Å². The zero-order valence-corrected chi connectivity index (χ0v) is 5.99. The van der Waals surface area contributed by atoms with Gasteiger partial charge in [0.2, 0.25) is 0 Å². The molecule has 0 fully saturated rings. The summed E-state index contributed by atoms with van der Waals surface area (Å²) in [6.45, 7) is 2.09. The van der Waals surface area contributed by atoms with E-state index in [4.69, 9.17) is 0 Å². The van der Waals surface area contributed by atoms with Crippen LogP contribution >= 0.6 is 0 Å². The highest BCUT2D eigenvalue weighted by atomic mass is 15.1. The molecule has 0 saturated carbocycles. The Kier molecular flexibility index (Phi) is 2.62. The van der Waals surface area contributed by atoms with Gasteiger partial charge in [-0.3, -0.25) is 0 Å². The van der Waals surface area contributed by atoms with E-state index in [1.54, 1.807) is 12.4 Å². The molecular formula is C8H10N2. The fourth-order valence-corrected chi connectivity index (χ4v) is 0.665. The predicted molar refractivity (Wildman–Crippen MR) is 41.5 cm³/mol. The second-order valence-corrected chi connectivity index (χ2v) is 1.99. The van der Waals surface area contributed by atoms with Gasteiger partial charge in [-0.15, -0.1) is 0 Å². The monoisotopic (exact) mass is 134 g/mol. The van der Waals surface area contributed by atoms with Crippen molar-refractivity contribution in [3.63, 3.8) is 0 Å². The molecule has 0 unspecified atom stereocenters. The average molecular weight is 134 g/mol. The molecule has 1 heterocycles. The maximum absolute atomic E-state index is 3.81. The van der Waals surface area contributed by atoms with Crippen molar-refractivity contribution in [1.29, 1.82) is 0 Å². The van der Waals surface area contributed by atoms with Gasteiger partial charge in [-0.1, -0.05) is 19.1 Å². The lowest BCUT2D eigenvalue weighted by Crippen LogP contribution is -1.72. The lowest BCUT2D eigenvalue weighted by molar-refractivity contribution is 1.10. The van der Waals surface area contributed by atoms with Crippen LogP contribution in [0.5, 0.6) is 0 Å². The topological polar surface area (TPSA) is 24.7 Å². The van der Waals surface area contributed by atoms with E-state index in [-0.39, 0.29) is 0 Å². The van der Waals surface area contributed by atoms with E-state index >= 15 is 0 Å². The van der Waals surface area contributed by atoms with Crippen LogP contribution in [-0.2, 0) is 0 Å². The minimum absolute atomic E-state index is 1.00. The van der Waals surface area contributed by atoms with E-state index < -0.39 is 0 Å². The molecule has 10 heavy (non-hydrogen) atoms. The van der Waals surface area contributed by atoms with Gasteiger partial charge in [0.05, 0.1) is 6.20 Å². The number of nitrogens with zero attached hydrogens (tertiary/aromatic N) is 2. The first kappa shape index (κ1) is 6.93. The van der Waals surface area contributed by atoms with Gasteiger partial charge in [0, 0.05) is 6.20 Å². The normalized spacial score (nSPS) is 31.1. The third-order valence-electron chi connectivity index (χ3n) is 1.27. The third kappa shape index (κ3) is 1.97. The summed E-state index contributed by atoms with van der Waals surface area (Å²) < 4.78 is 0. The maximum Gasteiger partial charge on any atom is 0.0527 e. The van der Waals surface area contributed by atoms with Gasteiger partial charge < -0.3 is 0 Å². The van der Waals surface area contributed by atoms with Crippen LogP contribution in [0, 0.1) is 0 Å². The van der Waals surface area contributed by atoms with Gasteiger partial charge in [0.15, 0.2) is 0 Å². The summed E-state index contributed by atoms with van der Waals surface area (Å²) in [5.41, 5.74) is 1.20. The third-order valence-corrected chi connectivity index (χ3v) is 1.27. The summed E-state index contributed by atoms with van der Waals surface area (Å²) in [5, 5.41) is 7.55. The summed E-state index contributed by atoms with van der Waals surface area (Å²) in [6.07, 6.45) is 10.3. The Balaban J connectivity index is 2.73. The quantitative estimate of drug-likeness (QED) is 0.526. The fraction of sp³-hybridized carbons (Fsp3) is 0.250. The average Bonchev–Trinajstić information content (AvgIpc) is 1.87. The van der Waals surface area contributed by atoms with Crippen molar-refractivity contribution in [1.82, 2.24) is 0 Å². The largest absolute Gasteiger partial charge is 0.159 e. The summed E-state index contributed by atoms with van der Waals surface area (Å²) in [6, 6.07) is 0. The second kappa shape index (κ2) is 3.77. The molecule has 1 rings (SSSR count). The van der Waals surface area contributed by atoms with Crippen LogP contribution in [0.3, 0.4) is 0 Å². The lowest BCUT2D eigenvalue weighted by atomic mass is 10.2. The zero-order chi connectivity index (χ0) is 7.23. The molecular weight excluding hydrogens is 124 g/mol. The minimum Gasteiger partial charge on any atom is -0.159 e. The van der Waals surface area contributed by atoms with Crippen molar-refractivity contribution in [2.45, 2.75) is 13.3 Å². The molecule has 0 amide bonds. The smallest absolute Gasteiger partial charge is 0.0527 e. The van der Waals surface area contributed by atoms with E-state index in [1.165, 1.54) is 5.57 Å². The van der Waals surface area contributed by atoms with Crippen LogP contribution in [0.4, 0.5) is 0 Å². The predicted octanol–water partition coefficient (Wildman–Crippen LogP) is 2.82. The molecule has 0 aliphatic carbocycles. The molecule has 0 spiro atoms. The number of hydrogen-bond donors (Lipinski definition) is 0. The molecule has 0 N–H and O–H groups in total.